The Balaban J connectivity index is 1.92. The molecule has 1 atom stereocenters. The zero-order chi connectivity index (χ0) is 18.1. The van der Waals surface area contributed by atoms with Crippen LogP contribution >= 0.6 is 15.9 Å². The van der Waals surface area contributed by atoms with Gasteiger partial charge in [0.15, 0.2) is 0 Å². The minimum absolute atomic E-state index is 0.214. The number of aromatic nitrogens is 3. The Labute approximate surface area is 162 Å². The molecule has 0 amide bonds. The molecule has 0 bridgehead atoms. The number of benzene rings is 2. The molecular formula is C22H22BrN3. The van der Waals surface area contributed by atoms with Gasteiger partial charge in [-0.05, 0) is 49.6 Å². The SMILES string of the molecule is CCn1c(C(Cc2ccccc2)n2ccnc2)c(C)c2cc(Br)ccc21. The van der Waals surface area contributed by atoms with Gasteiger partial charge in [-0.1, -0.05) is 46.3 Å². The summed E-state index contributed by atoms with van der Waals surface area (Å²) in [7, 11) is 0. The summed E-state index contributed by atoms with van der Waals surface area (Å²) in [6.45, 7) is 5.41. The van der Waals surface area contributed by atoms with Crippen LogP contribution in [0.25, 0.3) is 10.9 Å². The smallest absolute Gasteiger partial charge is 0.0952 e. The van der Waals surface area contributed by atoms with E-state index < -0.39 is 0 Å². The van der Waals surface area contributed by atoms with Crippen LogP contribution in [0.15, 0.2) is 71.7 Å². The van der Waals surface area contributed by atoms with Crippen molar-refractivity contribution >= 4 is 26.8 Å². The highest BCUT2D eigenvalue weighted by Crippen LogP contribution is 2.35. The van der Waals surface area contributed by atoms with Gasteiger partial charge in [0.05, 0.1) is 12.4 Å². The van der Waals surface area contributed by atoms with Gasteiger partial charge in [0, 0.05) is 40.0 Å². The first-order valence-corrected chi connectivity index (χ1v) is 9.78. The fourth-order valence-electron chi connectivity index (χ4n) is 3.92. The second-order valence-electron chi connectivity index (χ2n) is 6.63. The number of imidazole rings is 1. The van der Waals surface area contributed by atoms with Gasteiger partial charge in [-0.25, -0.2) is 4.98 Å². The van der Waals surface area contributed by atoms with Crippen LogP contribution < -0.4 is 0 Å². The molecule has 4 aromatic rings. The molecule has 0 N–H and O–H groups in total. The third-order valence-electron chi connectivity index (χ3n) is 5.12. The maximum atomic E-state index is 4.31. The Morgan fingerprint density at radius 1 is 1.12 bits per heavy atom. The minimum Gasteiger partial charge on any atom is -0.343 e. The van der Waals surface area contributed by atoms with Crippen LogP contribution in [0.3, 0.4) is 0 Å². The molecule has 0 fully saturated rings. The molecule has 0 spiro atoms. The van der Waals surface area contributed by atoms with E-state index in [1.807, 2.05) is 12.5 Å². The molecule has 0 aliphatic carbocycles. The van der Waals surface area contributed by atoms with Gasteiger partial charge >= 0.3 is 0 Å². The lowest BCUT2D eigenvalue weighted by atomic mass is 10.00. The van der Waals surface area contributed by atoms with Crippen LogP contribution in [0.1, 0.15) is 29.8 Å². The van der Waals surface area contributed by atoms with Crippen molar-refractivity contribution in [2.24, 2.45) is 0 Å². The molecule has 132 valence electrons. The van der Waals surface area contributed by atoms with Crippen molar-refractivity contribution in [2.45, 2.75) is 32.9 Å². The first-order valence-electron chi connectivity index (χ1n) is 8.98. The third-order valence-corrected chi connectivity index (χ3v) is 5.61. The monoisotopic (exact) mass is 407 g/mol. The topological polar surface area (TPSA) is 22.8 Å². The van der Waals surface area contributed by atoms with Gasteiger partial charge in [0.25, 0.3) is 0 Å². The van der Waals surface area contributed by atoms with Crippen LogP contribution in [0, 0.1) is 6.92 Å². The predicted octanol–water partition coefficient (Wildman–Crippen LogP) is 5.76. The number of hydrogen-bond acceptors (Lipinski definition) is 1. The highest BCUT2D eigenvalue weighted by atomic mass is 79.9. The maximum absolute atomic E-state index is 4.31. The standard InChI is InChI=1S/C22H22BrN3/c1-3-26-20-10-9-18(23)14-19(20)16(2)22(26)21(25-12-11-24-15-25)13-17-7-5-4-6-8-17/h4-12,14-15,21H,3,13H2,1-2H3. The summed E-state index contributed by atoms with van der Waals surface area (Å²) in [6.07, 6.45) is 6.81. The molecule has 0 saturated carbocycles. The molecule has 26 heavy (non-hydrogen) atoms. The summed E-state index contributed by atoms with van der Waals surface area (Å²) < 4.78 is 5.80. The molecule has 1 unspecified atom stereocenters. The van der Waals surface area contributed by atoms with Crippen molar-refractivity contribution in [1.29, 1.82) is 0 Å². The van der Waals surface area contributed by atoms with E-state index in [9.17, 15) is 0 Å². The first-order chi connectivity index (χ1) is 12.7. The highest BCUT2D eigenvalue weighted by Gasteiger charge is 2.23. The molecule has 4 heteroatoms. The molecule has 0 radical (unpaired) electrons. The summed E-state index contributed by atoms with van der Waals surface area (Å²) in [5.74, 6) is 0. The fourth-order valence-corrected chi connectivity index (χ4v) is 4.28. The van der Waals surface area contributed by atoms with Crippen LogP contribution in [0.5, 0.6) is 0 Å². The van der Waals surface area contributed by atoms with E-state index in [0.29, 0.717) is 0 Å². The van der Waals surface area contributed by atoms with E-state index >= 15 is 0 Å². The van der Waals surface area contributed by atoms with E-state index in [1.165, 1.54) is 27.7 Å². The van der Waals surface area contributed by atoms with Crippen LogP contribution in [-0.2, 0) is 13.0 Å². The molecular weight excluding hydrogens is 386 g/mol. The molecule has 2 aromatic carbocycles. The van der Waals surface area contributed by atoms with Crippen LogP contribution in [0.2, 0.25) is 0 Å². The Hall–Kier alpha value is -2.33. The molecule has 0 saturated heterocycles. The Morgan fingerprint density at radius 3 is 2.62 bits per heavy atom. The van der Waals surface area contributed by atoms with Gasteiger partial charge in [-0.15, -0.1) is 0 Å². The lowest BCUT2D eigenvalue weighted by Crippen LogP contribution is -2.17. The molecule has 0 aliphatic rings. The lowest BCUT2D eigenvalue weighted by molar-refractivity contribution is 0.533. The zero-order valence-corrected chi connectivity index (χ0v) is 16.6. The minimum atomic E-state index is 0.214. The molecule has 0 aliphatic heterocycles. The van der Waals surface area contributed by atoms with Crippen molar-refractivity contribution in [3.8, 4) is 0 Å². The Morgan fingerprint density at radius 2 is 1.92 bits per heavy atom. The van der Waals surface area contributed by atoms with Crippen molar-refractivity contribution in [3.05, 3.63) is 88.5 Å². The van der Waals surface area contributed by atoms with Crippen LogP contribution in [0.4, 0.5) is 0 Å². The molecule has 3 nitrogen and oxygen atoms in total. The summed E-state index contributed by atoms with van der Waals surface area (Å²) >= 11 is 3.63. The molecule has 4 rings (SSSR count). The first kappa shape index (κ1) is 17.1. The van der Waals surface area contributed by atoms with Gasteiger partial charge in [-0.2, -0.15) is 0 Å². The van der Waals surface area contributed by atoms with E-state index in [4.69, 9.17) is 0 Å². The number of rotatable bonds is 5. The van der Waals surface area contributed by atoms with E-state index in [2.05, 4.69) is 98.6 Å². The number of hydrogen-bond donors (Lipinski definition) is 0. The average molecular weight is 408 g/mol. The second kappa shape index (κ2) is 7.12. The fraction of sp³-hybridized carbons (Fsp3) is 0.227. The van der Waals surface area contributed by atoms with Crippen molar-refractivity contribution in [3.63, 3.8) is 0 Å². The number of fused-ring (bicyclic) bond motifs is 1. The summed E-state index contributed by atoms with van der Waals surface area (Å²) in [6, 6.07) is 17.5. The predicted molar refractivity (Wildman–Crippen MR) is 111 cm³/mol. The van der Waals surface area contributed by atoms with Gasteiger partial charge in [0.2, 0.25) is 0 Å². The number of halogens is 1. The molecule has 2 heterocycles. The van der Waals surface area contributed by atoms with Crippen LogP contribution in [-0.4, -0.2) is 14.1 Å². The third kappa shape index (κ3) is 2.99. The van der Waals surface area contributed by atoms with E-state index in [-0.39, 0.29) is 6.04 Å². The summed E-state index contributed by atoms with van der Waals surface area (Å²) in [5, 5.41) is 1.31. The Kier molecular flexibility index (Phi) is 4.68. The maximum Gasteiger partial charge on any atom is 0.0952 e. The van der Waals surface area contributed by atoms with Gasteiger partial charge < -0.3 is 9.13 Å². The summed E-state index contributed by atoms with van der Waals surface area (Å²) in [5.41, 5.74) is 5.33. The van der Waals surface area contributed by atoms with E-state index in [0.717, 1.165) is 17.4 Å². The zero-order valence-electron chi connectivity index (χ0n) is 15.1. The van der Waals surface area contributed by atoms with Gasteiger partial charge in [-0.3, -0.25) is 0 Å². The number of nitrogens with zero attached hydrogens (tertiary/aromatic N) is 3. The van der Waals surface area contributed by atoms with Crippen molar-refractivity contribution < 1.29 is 0 Å². The lowest BCUT2D eigenvalue weighted by Gasteiger charge is -2.22. The van der Waals surface area contributed by atoms with Gasteiger partial charge in [0.1, 0.15) is 0 Å². The molecule has 2 aromatic heterocycles. The second-order valence-corrected chi connectivity index (χ2v) is 7.55. The number of aryl methyl sites for hydroxylation is 2. The largest absolute Gasteiger partial charge is 0.343 e. The Bertz CT molecular complexity index is 1020. The van der Waals surface area contributed by atoms with Crippen molar-refractivity contribution in [1.82, 2.24) is 14.1 Å². The van der Waals surface area contributed by atoms with Crippen molar-refractivity contribution in [2.75, 3.05) is 0 Å². The van der Waals surface area contributed by atoms with E-state index in [1.54, 1.807) is 0 Å². The summed E-state index contributed by atoms with van der Waals surface area (Å²) in [4.78, 5) is 4.31. The quantitative estimate of drug-likeness (QED) is 0.412. The highest BCUT2D eigenvalue weighted by molar-refractivity contribution is 9.10. The average Bonchev–Trinajstić information content (AvgIpc) is 3.28. The normalized spacial score (nSPS) is 12.6.